The maximum Gasteiger partial charge on any atom is 0.334 e. The molecule has 1 fully saturated rings. The first-order valence-electron chi connectivity index (χ1n) is 6.17. The number of hydrogen-bond acceptors (Lipinski definition) is 3. The Labute approximate surface area is 95.5 Å². The van der Waals surface area contributed by atoms with Gasteiger partial charge in [-0.25, -0.2) is 4.79 Å². The summed E-state index contributed by atoms with van der Waals surface area (Å²) in [4.78, 5) is 11.5. The van der Waals surface area contributed by atoms with Crippen molar-refractivity contribution in [2.45, 2.75) is 45.1 Å². The molecule has 1 heterocycles. The minimum Gasteiger partial charge on any atom is -0.458 e. The fourth-order valence-electron chi connectivity index (χ4n) is 3.79. The van der Waals surface area contributed by atoms with Crippen LogP contribution in [0.4, 0.5) is 0 Å². The summed E-state index contributed by atoms with van der Waals surface area (Å²) in [6, 6.07) is 0. The number of cyclic esters (lactones) is 1. The molecule has 0 spiro atoms. The smallest absolute Gasteiger partial charge is 0.334 e. The fourth-order valence-corrected chi connectivity index (χ4v) is 3.79. The number of hydrogen-bond donors (Lipinski definition) is 1. The van der Waals surface area contributed by atoms with E-state index in [-0.39, 0.29) is 17.5 Å². The van der Waals surface area contributed by atoms with E-state index in [1.54, 1.807) is 0 Å². The molecular formula is C13H18O3. The Bertz CT molecular complexity index is 371. The molecule has 3 atom stereocenters. The van der Waals surface area contributed by atoms with Crippen molar-refractivity contribution in [3.8, 4) is 0 Å². The Morgan fingerprint density at radius 2 is 2.25 bits per heavy atom. The molecule has 3 rings (SSSR count). The Balaban J connectivity index is 1.96. The van der Waals surface area contributed by atoms with Gasteiger partial charge in [0, 0.05) is 5.57 Å². The Kier molecular flexibility index (Phi) is 2.15. The third kappa shape index (κ3) is 1.34. The number of carbonyl (C=O) groups is 1. The molecule has 88 valence electrons. The summed E-state index contributed by atoms with van der Waals surface area (Å²) in [6.07, 6.45) is 4.46. The lowest BCUT2D eigenvalue weighted by Gasteiger charge is -2.46. The van der Waals surface area contributed by atoms with Crippen LogP contribution in [0.15, 0.2) is 11.1 Å². The third-order valence-electron chi connectivity index (χ3n) is 4.69. The van der Waals surface area contributed by atoms with E-state index in [2.05, 4.69) is 6.92 Å². The quantitative estimate of drug-likeness (QED) is 0.636. The molecule has 0 unspecified atom stereocenters. The first-order chi connectivity index (χ1) is 7.60. The summed E-state index contributed by atoms with van der Waals surface area (Å²) in [5.74, 6) is 0.370. The molecule has 0 aromatic carbocycles. The van der Waals surface area contributed by atoms with Crippen LogP contribution in [0.5, 0.6) is 0 Å². The van der Waals surface area contributed by atoms with Gasteiger partial charge in [0.1, 0.15) is 6.61 Å². The maximum absolute atomic E-state index is 11.5. The highest BCUT2D eigenvalue weighted by Gasteiger charge is 2.47. The van der Waals surface area contributed by atoms with E-state index in [0.717, 1.165) is 37.7 Å². The summed E-state index contributed by atoms with van der Waals surface area (Å²) >= 11 is 0. The molecule has 16 heavy (non-hydrogen) atoms. The lowest BCUT2D eigenvalue weighted by molar-refractivity contribution is -0.136. The van der Waals surface area contributed by atoms with Crippen molar-refractivity contribution in [3.05, 3.63) is 11.1 Å². The molecule has 0 bridgehead atoms. The number of ether oxygens (including phenoxy) is 1. The summed E-state index contributed by atoms with van der Waals surface area (Å²) in [6.45, 7) is 2.76. The van der Waals surface area contributed by atoms with E-state index >= 15 is 0 Å². The van der Waals surface area contributed by atoms with Crippen LogP contribution < -0.4 is 0 Å². The van der Waals surface area contributed by atoms with E-state index in [1.807, 2.05) is 0 Å². The standard InChI is InChI=1S/C13H18O3/c1-13-5-4-9-10(7-16-12(9)15)11(13)3-2-8(14)6-13/h8,11,14H,2-7H2,1H3/t8-,11-,13+/m0/s1. The molecule has 0 amide bonds. The molecule has 0 radical (unpaired) electrons. The van der Waals surface area contributed by atoms with Gasteiger partial charge in [-0.05, 0) is 49.0 Å². The summed E-state index contributed by atoms with van der Waals surface area (Å²) in [5, 5.41) is 9.79. The second-order valence-electron chi connectivity index (χ2n) is 5.72. The van der Waals surface area contributed by atoms with E-state index in [1.165, 1.54) is 5.57 Å². The van der Waals surface area contributed by atoms with Gasteiger partial charge in [-0.3, -0.25) is 0 Å². The van der Waals surface area contributed by atoms with Gasteiger partial charge < -0.3 is 9.84 Å². The summed E-state index contributed by atoms with van der Waals surface area (Å²) < 4.78 is 5.15. The zero-order valence-electron chi connectivity index (χ0n) is 9.66. The van der Waals surface area contributed by atoms with E-state index < -0.39 is 0 Å². The molecule has 0 aromatic rings. The second kappa shape index (κ2) is 3.33. The first-order valence-corrected chi connectivity index (χ1v) is 6.17. The Hall–Kier alpha value is -0.830. The van der Waals surface area contributed by atoms with Gasteiger partial charge in [0.25, 0.3) is 0 Å². The predicted molar refractivity (Wildman–Crippen MR) is 58.7 cm³/mol. The number of aliphatic hydroxyl groups excluding tert-OH is 1. The van der Waals surface area contributed by atoms with E-state index in [4.69, 9.17) is 4.74 Å². The van der Waals surface area contributed by atoms with Gasteiger partial charge in [0.05, 0.1) is 6.10 Å². The highest BCUT2D eigenvalue weighted by atomic mass is 16.5. The average Bonchev–Trinajstić information content (AvgIpc) is 2.58. The zero-order valence-corrected chi connectivity index (χ0v) is 9.66. The molecule has 3 heteroatoms. The molecule has 3 nitrogen and oxygen atoms in total. The maximum atomic E-state index is 11.5. The number of carbonyl (C=O) groups excluding carboxylic acids is 1. The van der Waals surface area contributed by atoms with Gasteiger partial charge in [-0.1, -0.05) is 6.92 Å². The van der Waals surface area contributed by atoms with Gasteiger partial charge in [0.2, 0.25) is 0 Å². The highest BCUT2D eigenvalue weighted by molar-refractivity contribution is 5.92. The summed E-state index contributed by atoms with van der Waals surface area (Å²) in [7, 11) is 0. The molecule has 0 aromatic heterocycles. The summed E-state index contributed by atoms with van der Waals surface area (Å²) in [5.41, 5.74) is 2.37. The molecular weight excluding hydrogens is 204 g/mol. The molecule has 1 saturated carbocycles. The lowest BCUT2D eigenvalue weighted by atomic mass is 9.58. The van der Waals surface area contributed by atoms with Crippen LogP contribution >= 0.6 is 0 Å². The van der Waals surface area contributed by atoms with E-state index in [0.29, 0.717) is 12.5 Å². The topological polar surface area (TPSA) is 46.5 Å². The van der Waals surface area contributed by atoms with Crippen LogP contribution in [-0.2, 0) is 9.53 Å². The second-order valence-corrected chi connectivity index (χ2v) is 5.72. The SMILES string of the molecule is C[C@]12CCC3=C(COC3=O)[C@@H]1CC[C@H](O)C2. The average molecular weight is 222 g/mol. The third-order valence-corrected chi connectivity index (χ3v) is 4.69. The Morgan fingerprint density at radius 1 is 1.44 bits per heavy atom. The number of aliphatic hydroxyl groups is 1. The number of esters is 1. The van der Waals surface area contributed by atoms with Crippen LogP contribution in [0.2, 0.25) is 0 Å². The van der Waals surface area contributed by atoms with Crippen LogP contribution in [0, 0.1) is 11.3 Å². The van der Waals surface area contributed by atoms with Crippen LogP contribution in [0.3, 0.4) is 0 Å². The van der Waals surface area contributed by atoms with Crippen molar-refractivity contribution in [2.75, 3.05) is 6.61 Å². The number of fused-ring (bicyclic) bond motifs is 2. The van der Waals surface area contributed by atoms with E-state index in [9.17, 15) is 9.90 Å². The normalized spacial score (nSPS) is 42.8. The number of rotatable bonds is 0. The van der Waals surface area contributed by atoms with Gasteiger partial charge in [0.15, 0.2) is 0 Å². The van der Waals surface area contributed by atoms with Gasteiger partial charge >= 0.3 is 5.97 Å². The fraction of sp³-hybridized carbons (Fsp3) is 0.769. The minimum absolute atomic E-state index is 0.0943. The predicted octanol–water partition coefficient (Wildman–Crippen LogP) is 1.80. The zero-order chi connectivity index (χ0) is 11.3. The van der Waals surface area contributed by atoms with Crippen molar-refractivity contribution in [1.82, 2.24) is 0 Å². The Morgan fingerprint density at radius 3 is 3.06 bits per heavy atom. The van der Waals surface area contributed by atoms with Crippen molar-refractivity contribution in [2.24, 2.45) is 11.3 Å². The van der Waals surface area contributed by atoms with Crippen molar-refractivity contribution < 1.29 is 14.6 Å². The van der Waals surface area contributed by atoms with Crippen molar-refractivity contribution >= 4 is 5.97 Å². The van der Waals surface area contributed by atoms with Gasteiger partial charge in [-0.2, -0.15) is 0 Å². The lowest BCUT2D eigenvalue weighted by Crippen LogP contribution is -2.40. The van der Waals surface area contributed by atoms with Crippen molar-refractivity contribution in [1.29, 1.82) is 0 Å². The largest absolute Gasteiger partial charge is 0.458 e. The highest BCUT2D eigenvalue weighted by Crippen LogP contribution is 2.53. The monoisotopic (exact) mass is 222 g/mol. The van der Waals surface area contributed by atoms with Crippen LogP contribution in [0.25, 0.3) is 0 Å². The van der Waals surface area contributed by atoms with Crippen molar-refractivity contribution in [3.63, 3.8) is 0 Å². The molecule has 3 aliphatic rings. The minimum atomic E-state index is -0.151. The van der Waals surface area contributed by atoms with Crippen LogP contribution in [0.1, 0.15) is 39.0 Å². The molecule has 0 saturated heterocycles. The first kappa shape index (κ1) is 10.3. The van der Waals surface area contributed by atoms with Crippen LogP contribution in [-0.4, -0.2) is 23.8 Å². The molecule has 1 aliphatic heterocycles. The van der Waals surface area contributed by atoms with Gasteiger partial charge in [-0.15, -0.1) is 0 Å². The molecule has 1 N–H and O–H groups in total. The molecule has 2 aliphatic carbocycles.